The third kappa shape index (κ3) is 4.31. The van der Waals surface area contributed by atoms with Gasteiger partial charge in [-0.05, 0) is 50.9 Å². The fourth-order valence-corrected chi connectivity index (χ4v) is 4.46. The Morgan fingerprint density at radius 1 is 1.38 bits per heavy atom. The molecule has 0 radical (unpaired) electrons. The topological polar surface area (TPSA) is 77.9 Å². The average molecular weight is 358 g/mol. The van der Waals surface area contributed by atoms with Gasteiger partial charge >= 0.3 is 5.97 Å². The third-order valence-electron chi connectivity index (χ3n) is 4.45. The van der Waals surface area contributed by atoms with Crippen LogP contribution < -0.4 is 0 Å². The first-order valence-corrected chi connectivity index (χ1v) is 9.34. The summed E-state index contributed by atoms with van der Waals surface area (Å²) in [6.45, 7) is 2.17. The number of carboxylic acid groups (broad SMARTS) is 1. The summed E-state index contributed by atoms with van der Waals surface area (Å²) in [5, 5.41) is 8.88. The number of carboxylic acids is 1. The molecule has 6 nitrogen and oxygen atoms in total. The number of benzene rings is 1. The van der Waals surface area contributed by atoms with Gasteiger partial charge in [0.05, 0.1) is 11.4 Å². The first-order chi connectivity index (χ1) is 11.2. The lowest BCUT2D eigenvalue weighted by molar-refractivity contribution is -0.138. The molecule has 0 saturated carbocycles. The lowest BCUT2D eigenvalue weighted by Crippen LogP contribution is -2.37. The summed E-state index contributed by atoms with van der Waals surface area (Å²) in [4.78, 5) is 12.5. The standard InChI is InChI=1S/C16H23FN2O4S/c1-12-5-6-14(10-15(12)17)24(22,23)19-8-3-4-13(7-9-19)18(2)11-16(20)21/h5-6,10,13H,3-4,7-9,11H2,1-2H3,(H,20,21). The van der Waals surface area contributed by atoms with Gasteiger partial charge in [-0.2, -0.15) is 4.31 Å². The molecular weight excluding hydrogens is 335 g/mol. The first-order valence-electron chi connectivity index (χ1n) is 7.90. The Balaban J connectivity index is 2.12. The normalized spacial score (nSPS) is 20.1. The van der Waals surface area contributed by atoms with Crippen LogP contribution in [-0.2, 0) is 14.8 Å². The summed E-state index contributed by atoms with van der Waals surface area (Å²) in [6, 6.07) is 3.97. The van der Waals surface area contributed by atoms with Crippen molar-refractivity contribution in [3.8, 4) is 0 Å². The molecule has 1 unspecified atom stereocenters. The average Bonchev–Trinajstić information content (AvgIpc) is 2.75. The second-order valence-corrected chi connectivity index (χ2v) is 8.15. The van der Waals surface area contributed by atoms with Crippen LogP contribution in [0.2, 0.25) is 0 Å². The minimum absolute atomic E-state index is 0.0241. The minimum atomic E-state index is -3.74. The molecule has 2 rings (SSSR count). The number of hydrogen-bond acceptors (Lipinski definition) is 4. The predicted octanol–water partition coefficient (Wildman–Crippen LogP) is 1.69. The van der Waals surface area contributed by atoms with E-state index in [-0.39, 0.29) is 17.5 Å². The Morgan fingerprint density at radius 3 is 2.71 bits per heavy atom. The lowest BCUT2D eigenvalue weighted by atomic mass is 10.1. The van der Waals surface area contributed by atoms with E-state index in [1.165, 1.54) is 16.4 Å². The van der Waals surface area contributed by atoms with Crippen molar-refractivity contribution < 1.29 is 22.7 Å². The Labute approximate surface area is 141 Å². The number of nitrogens with zero attached hydrogens (tertiary/aromatic N) is 2. The maximum absolute atomic E-state index is 13.7. The monoisotopic (exact) mass is 358 g/mol. The van der Waals surface area contributed by atoms with E-state index in [9.17, 15) is 17.6 Å². The molecule has 1 aromatic rings. The number of hydrogen-bond donors (Lipinski definition) is 1. The number of rotatable bonds is 5. The van der Waals surface area contributed by atoms with Gasteiger partial charge in [0.25, 0.3) is 0 Å². The molecule has 1 heterocycles. The van der Waals surface area contributed by atoms with E-state index >= 15 is 0 Å². The summed E-state index contributed by atoms with van der Waals surface area (Å²) in [5.41, 5.74) is 0.403. The number of likely N-dealkylation sites (N-methyl/N-ethyl adjacent to an activating group) is 1. The molecule has 0 amide bonds. The second-order valence-electron chi connectivity index (χ2n) is 6.21. The van der Waals surface area contributed by atoms with Crippen molar-refractivity contribution >= 4 is 16.0 Å². The molecule has 1 fully saturated rings. The van der Waals surface area contributed by atoms with Crippen molar-refractivity contribution in [1.29, 1.82) is 0 Å². The number of sulfonamides is 1. The summed E-state index contributed by atoms with van der Waals surface area (Å²) in [5.74, 6) is -1.44. The zero-order valence-electron chi connectivity index (χ0n) is 13.9. The Hall–Kier alpha value is -1.51. The smallest absolute Gasteiger partial charge is 0.317 e. The molecule has 0 aliphatic carbocycles. The molecule has 8 heteroatoms. The van der Waals surface area contributed by atoms with E-state index in [0.717, 1.165) is 12.5 Å². The minimum Gasteiger partial charge on any atom is -0.480 e. The predicted molar refractivity (Wildman–Crippen MR) is 87.8 cm³/mol. The van der Waals surface area contributed by atoms with E-state index in [2.05, 4.69) is 0 Å². The summed E-state index contributed by atoms with van der Waals surface area (Å²) < 4.78 is 40.5. The lowest BCUT2D eigenvalue weighted by Gasteiger charge is -2.25. The van der Waals surface area contributed by atoms with Gasteiger partial charge < -0.3 is 5.11 Å². The Morgan fingerprint density at radius 2 is 2.08 bits per heavy atom. The molecule has 1 aliphatic heterocycles. The summed E-state index contributed by atoms with van der Waals surface area (Å²) >= 11 is 0. The fraction of sp³-hybridized carbons (Fsp3) is 0.562. The highest BCUT2D eigenvalue weighted by atomic mass is 32.2. The number of halogens is 1. The second kappa shape index (κ2) is 7.58. The molecule has 1 saturated heterocycles. The van der Waals surface area contributed by atoms with E-state index in [4.69, 9.17) is 5.11 Å². The molecule has 1 aliphatic rings. The van der Waals surface area contributed by atoms with E-state index in [1.807, 2.05) is 0 Å². The van der Waals surface area contributed by atoms with Gasteiger partial charge in [0.15, 0.2) is 0 Å². The van der Waals surface area contributed by atoms with Gasteiger partial charge in [-0.15, -0.1) is 0 Å². The first kappa shape index (κ1) is 18.8. The van der Waals surface area contributed by atoms with Crippen LogP contribution in [0.1, 0.15) is 24.8 Å². The highest BCUT2D eigenvalue weighted by Gasteiger charge is 2.29. The van der Waals surface area contributed by atoms with Crippen LogP contribution in [0, 0.1) is 12.7 Å². The Bertz CT molecular complexity index is 708. The zero-order valence-corrected chi connectivity index (χ0v) is 14.7. The van der Waals surface area contributed by atoms with Crippen molar-refractivity contribution in [2.24, 2.45) is 0 Å². The highest BCUT2D eigenvalue weighted by molar-refractivity contribution is 7.89. The largest absolute Gasteiger partial charge is 0.480 e. The van der Waals surface area contributed by atoms with Gasteiger partial charge in [-0.25, -0.2) is 12.8 Å². The molecule has 0 bridgehead atoms. The third-order valence-corrected chi connectivity index (χ3v) is 6.34. The van der Waals surface area contributed by atoms with Crippen LogP contribution in [0.5, 0.6) is 0 Å². The number of aliphatic carboxylic acids is 1. The molecule has 0 aromatic heterocycles. The molecular formula is C16H23FN2O4S. The van der Waals surface area contributed by atoms with Crippen LogP contribution >= 0.6 is 0 Å². The molecule has 0 spiro atoms. The van der Waals surface area contributed by atoms with Crippen LogP contribution in [0.3, 0.4) is 0 Å². The van der Waals surface area contributed by atoms with Crippen LogP contribution in [0.4, 0.5) is 4.39 Å². The van der Waals surface area contributed by atoms with Gasteiger partial charge in [0, 0.05) is 19.1 Å². The van der Waals surface area contributed by atoms with Crippen LogP contribution in [-0.4, -0.2) is 61.4 Å². The zero-order chi connectivity index (χ0) is 17.9. The van der Waals surface area contributed by atoms with E-state index in [1.54, 1.807) is 18.9 Å². The summed E-state index contributed by atoms with van der Waals surface area (Å²) in [7, 11) is -2.00. The van der Waals surface area contributed by atoms with Crippen LogP contribution in [0.15, 0.2) is 23.1 Å². The molecule has 134 valence electrons. The Kier molecular flexibility index (Phi) is 5.95. The van der Waals surface area contributed by atoms with E-state index in [0.29, 0.717) is 31.5 Å². The molecule has 24 heavy (non-hydrogen) atoms. The maximum atomic E-state index is 13.7. The fourth-order valence-electron chi connectivity index (χ4n) is 2.96. The van der Waals surface area contributed by atoms with Gasteiger partial charge in [-0.3, -0.25) is 9.69 Å². The molecule has 1 N–H and O–H groups in total. The SMILES string of the molecule is Cc1ccc(S(=O)(=O)N2CCCC(N(C)CC(=O)O)CC2)cc1F. The maximum Gasteiger partial charge on any atom is 0.317 e. The quantitative estimate of drug-likeness (QED) is 0.867. The van der Waals surface area contributed by atoms with Gasteiger partial charge in [0.1, 0.15) is 5.82 Å². The summed E-state index contributed by atoms with van der Waals surface area (Å²) in [6.07, 6.45) is 1.93. The van der Waals surface area contributed by atoms with E-state index < -0.39 is 21.8 Å². The molecule has 1 aromatic carbocycles. The van der Waals surface area contributed by atoms with Crippen molar-refractivity contribution in [2.45, 2.75) is 37.1 Å². The molecule has 1 atom stereocenters. The van der Waals surface area contributed by atoms with Gasteiger partial charge in [0.2, 0.25) is 10.0 Å². The van der Waals surface area contributed by atoms with Crippen molar-refractivity contribution in [3.05, 3.63) is 29.6 Å². The van der Waals surface area contributed by atoms with Gasteiger partial charge in [-0.1, -0.05) is 6.07 Å². The van der Waals surface area contributed by atoms with Crippen molar-refractivity contribution in [2.75, 3.05) is 26.7 Å². The number of carbonyl (C=O) groups is 1. The highest BCUT2D eigenvalue weighted by Crippen LogP contribution is 2.23. The van der Waals surface area contributed by atoms with Crippen molar-refractivity contribution in [3.63, 3.8) is 0 Å². The number of aryl methyl sites for hydroxylation is 1. The van der Waals surface area contributed by atoms with Crippen molar-refractivity contribution in [1.82, 2.24) is 9.21 Å². The van der Waals surface area contributed by atoms with Crippen LogP contribution in [0.25, 0.3) is 0 Å².